The van der Waals surface area contributed by atoms with E-state index in [2.05, 4.69) is 36.5 Å². The lowest BCUT2D eigenvalue weighted by molar-refractivity contribution is 0.0945. The van der Waals surface area contributed by atoms with Crippen LogP contribution >= 0.6 is 15.9 Å². The largest absolute Gasteiger partial charge is 0.496 e. The van der Waals surface area contributed by atoms with Gasteiger partial charge in [-0.25, -0.2) is 0 Å². The van der Waals surface area contributed by atoms with Crippen LogP contribution in [0.4, 0.5) is 0 Å². The van der Waals surface area contributed by atoms with Gasteiger partial charge in [-0.15, -0.1) is 15.3 Å². The van der Waals surface area contributed by atoms with Crippen LogP contribution < -0.4 is 14.8 Å². The molecular weight excluding hydrogens is 450 g/mol. The molecule has 0 saturated heterocycles. The lowest BCUT2D eigenvalue weighted by Gasteiger charge is -2.09. The Kier molecular flexibility index (Phi) is 5.89. The topological polar surface area (TPSA) is 90.6 Å². The van der Waals surface area contributed by atoms with Gasteiger partial charge < -0.3 is 14.8 Å². The molecule has 2 aromatic carbocycles. The molecule has 0 saturated carbocycles. The minimum atomic E-state index is -0.174. The summed E-state index contributed by atoms with van der Waals surface area (Å²) in [6.07, 6.45) is 0. The summed E-state index contributed by atoms with van der Waals surface area (Å²) in [5.74, 6) is 1.45. The molecule has 0 aliphatic rings. The van der Waals surface area contributed by atoms with Crippen LogP contribution in [0.3, 0.4) is 0 Å². The van der Waals surface area contributed by atoms with Crippen molar-refractivity contribution in [2.24, 2.45) is 0 Å². The second-order valence-electron chi connectivity index (χ2n) is 6.25. The Labute approximate surface area is 181 Å². The Hall–Kier alpha value is -3.46. The number of fused-ring (bicyclic) bond motifs is 1. The molecule has 0 aliphatic heterocycles. The van der Waals surface area contributed by atoms with Crippen LogP contribution in [0.1, 0.15) is 10.4 Å². The van der Waals surface area contributed by atoms with Crippen LogP contribution in [0, 0.1) is 0 Å². The van der Waals surface area contributed by atoms with E-state index in [1.54, 1.807) is 29.8 Å². The van der Waals surface area contributed by atoms with Gasteiger partial charge in [-0.1, -0.05) is 24.3 Å². The number of halogens is 1. The van der Waals surface area contributed by atoms with Gasteiger partial charge in [0.05, 0.1) is 24.8 Å². The third-order valence-corrected chi connectivity index (χ3v) is 5.03. The summed E-state index contributed by atoms with van der Waals surface area (Å²) in [5.41, 5.74) is 1.94. The van der Waals surface area contributed by atoms with Crippen molar-refractivity contribution in [1.29, 1.82) is 0 Å². The average Bonchev–Trinajstić information content (AvgIpc) is 3.20. The van der Waals surface area contributed by atoms with E-state index in [4.69, 9.17) is 9.47 Å². The number of aromatic nitrogens is 4. The van der Waals surface area contributed by atoms with E-state index in [0.717, 1.165) is 10.0 Å². The number of methoxy groups -OCH3 is 1. The predicted molar refractivity (Wildman–Crippen MR) is 115 cm³/mol. The van der Waals surface area contributed by atoms with Crippen molar-refractivity contribution in [2.45, 2.75) is 0 Å². The molecule has 0 bridgehead atoms. The highest BCUT2D eigenvalue weighted by Gasteiger charge is 2.14. The van der Waals surface area contributed by atoms with Gasteiger partial charge >= 0.3 is 0 Å². The Balaban J connectivity index is 1.44. The molecule has 152 valence electrons. The number of nitrogens with one attached hydrogen (secondary N) is 1. The molecule has 0 unspecified atom stereocenters. The average molecular weight is 468 g/mol. The highest BCUT2D eigenvalue weighted by Crippen LogP contribution is 2.28. The number of hydrogen-bond donors (Lipinski definition) is 1. The fourth-order valence-electron chi connectivity index (χ4n) is 2.91. The summed E-state index contributed by atoms with van der Waals surface area (Å²) < 4.78 is 13.5. The van der Waals surface area contributed by atoms with Crippen LogP contribution in [0.25, 0.3) is 17.0 Å². The Morgan fingerprint density at radius 2 is 1.87 bits per heavy atom. The van der Waals surface area contributed by atoms with Gasteiger partial charge in [-0.2, -0.15) is 4.52 Å². The standard InChI is InChI=1S/C21H18BrN5O3/c1-29-17-9-5-3-7-15(17)20-25-24-18-10-11-19(26-27(18)20)30-13-12-23-21(28)14-6-2-4-8-16(14)22/h2-11H,12-13H2,1H3,(H,23,28). The van der Waals surface area contributed by atoms with E-state index < -0.39 is 0 Å². The summed E-state index contributed by atoms with van der Waals surface area (Å²) in [6, 6.07) is 18.3. The maximum atomic E-state index is 12.2. The van der Waals surface area contributed by atoms with Crippen molar-refractivity contribution in [1.82, 2.24) is 25.1 Å². The number of hydrogen-bond acceptors (Lipinski definition) is 6. The SMILES string of the molecule is COc1ccccc1-c1nnc2ccc(OCCNC(=O)c3ccccc3Br)nn12. The number of rotatable bonds is 7. The molecule has 0 fully saturated rings. The summed E-state index contributed by atoms with van der Waals surface area (Å²) in [6.45, 7) is 0.599. The number of amides is 1. The van der Waals surface area contributed by atoms with E-state index in [9.17, 15) is 4.79 Å². The zero-order chi connectivity index (χ0) is 20.9. The molecular formula is C21H18BrN5O3. The molecule has 1 N–H and O–H groups in total. The molecule has 2 aromatic heterocycles. The molecule has 0 radical (unpaired) electrons. The van der Waals surface area contributed by atoms with Crippen molar-refractivity contribution < 1.29 is 14.3 Å². The van der Waals surface area contributed by atoms with Crippen molar-refractivity contribution in [2.75, 3.05) is 20.3 Å². The molecule has 0 aliphatic carbocycles. The third-order valence-electron chi connectivity index (χ3n) is 4.34. The highest BCUT2D eigenvalue weighted by molar-refractivity contribution is 9.10. The predicted octanol–water partition coefficient (Wildman–Crippen LogP) is 3.37. The maximum absolute atomic E-state index is 12.2. The monoisotopic (exact) mass is 467 g/mol. The first-order chi connectivity index (χ1) is 14.7. The minimum absolute atomic E-state index is 0.174. The fraction of sp³-hybridized carbons (Fsp3) is 0.143. The van der Waals surface area contributed by atoms with Gasteiger partial charge in [-0.3, -0.25) is 4.79 Å². The van der Waals surface area contributed by atoms with Gasteiger partial charge in [0.1, 0.15) is 12.4 Å². The minimum Gasteiger partial charge on any atom is -0.496 e. The Morgan fingerprint density at radius 1 is 1.07 bits per heavy atom. The summed E-state index contributed by atoms with van der Waals surface area (Å²) in [7, 11) is 1.60. The number of nitrogens with zero attached hydrogens (tertiary/aromatic N) is 4. The molecule has 30 heavy (non-hydrogen) atoms. The molecule has 2 heterocycles. The van der Waals surface area contributed by atoms with Gasteiger partial charge in [0.25, 0.3) is 5.91 Å². The van der Waals surface area contributed by atoms with E-state index in [1.807, 2.05) is 42.5 Å². The van der Waals surface area contributed by atoms with Crippen LogP contribution in [0.2, 0.25) is 0 Å². The molecule has 8 nitrogen and oxygen atoms in total. The maximum Gasteiger partial charge on any atom is 0.252 e. The Morgan fingerprint density at radius 3 is 2.70 bits per heavy atom. The fourth-order valence-corrected chi connectivity index (χ4v) is 3.37. The Bertz CT molecular complexity index is 1190. The van der Waals surface area contributed by atoms with Crippen LogP contribution in [0.15, 0.2) is 65.1 Å². The molecule has 4 rings (SSSR count). The molecule has 0 atom stereocenters. The first-order valence-electron chi connectivity index (χ1n) is 9.19. The zero-order valence-corrected chi connectivity index (χ0v) is 17.7. The number of benzene rings is 2. The van der Waals surface area contributed by atoms with E-state index >= 15 is 0 Å². The smallest absolute Gasteiger partial charge is 0.252 e. The van der Waals surface area contributed by atoms with Crippen molar-refractivity contribution in [3.05, 3.63) is 70.7 Å². The van der Waals surface area contributed by atoms with E-state index in [1.165, 1.54) is 0 Å². The van der Waals surface area contributed by atoms with Gasteiger partial charge in [0.15, 0.2) is 11.5 Å². The number of carbonyl (C=O) groups is 1. The van der Waals surface area contributed by atoms with Crippen LogP contribution in [0.5, 0.6) is 11.6 Å². The quantitative estimate of drug-likeness (QED) is 0.419. The molecule has 0 spiro atoms. The second-order valence-corrected chi connectivity index (χ2v) is 7.10. The third kappa shape index (κ3) is 4.11. The number of ether oxygens (including phenoxy) is 2. The van der Waals surface area contributed by atoms with Crippen LogP contribution in [-0.4, -0.2) is 46.0 Å². The molecule has 1 amide bonds. The van der Waals surface area contributed by atoms with Gasteiger partial charge in [0.2, 0.25) is 5.88 Å². The zero-order valence-electron chi connectivity index (χ0n) is 16.1. The van der Waals surface area contributed by atoms with E-state index in [-0.39, 0.29) is 12.5 Å². The number of carbonyl (C=O) groups excluding carboxylic acids is 1. The highest BCUT2D eigenvalue weighted by atomic mass is 79.9. The summed E-state index contributed by atoms with van der Waals surface area (Å²) in [4.78, 5) is 12.2. The lowest BCUT2D eigenvalue weighted by Crippen LogP contribution is -2.28. The van der Waals surface area contributed by atoms with Gasteiger partial charge in [-0.05, 0) is 46.3 Å². The van der Waals surface area contributed by atoms with Crippen molar-refractivity contribution >= 4 is 27.5 Å². The summed E-state index contributed by atoms with van der Waals surface area (Å²) >= 11 is 3.37. The molecule has 4 aromatic rings. The lowest BCUT2D eigenvalue weighted by atomic mass is 10.2. The van der Waals surface area contributed by atoms with Crippen molar-refractivity contribution in [3.8, 4) is 23.0 Å². The normalized spacial score (nSPS) is 10.7. The first-order valence-corrected chi connectivity index (χ1v) is 9.98. The molecule has 9 heteroatoms. The van der Waals surface area contributed by atoms with E-state index in [0.29, 0.717) is 35.2 Å². The second kappa shape index (κ2) is 8.91. The van der Waals surface area contributed by atoms with Gasteiger partial charge in [0, 0.05) is 10.5 Å². The number of para-hydroxylation sites is 1. The van der Waals surface area contributed by atoms with Crippen molar-refractivity contribution in [3.63, 3.8) is 0 Å². The first kappa shape index (κ1) is 19.8. The van der Waals surface area contributed by atoms with Crippen LogP contribution in [-0.2, 0) is 0 Å². The summed E-state index contributed by atoms with van der Waals surface area (Å²) in [5, 5.41) is 15.7.